The Hall–Kier alpha value is -2.38. The fourth-order valence-electron chi connectivity index (χ4n) is 2.48. The molecule has 0 fully saturated rings. The minimum atomic E-state index is 0.596. The monoisotopic (exact) mass is 310 g/mol. The molecule has 0 aliphatic heterocycles. The first-order valence-corrected chi connectivity index (χ1v) is 7.58. The van der Waals surface area contributed by atoms with Gasteiger partial charge in [-0.25, -0.2) is 9.97 Å². The Morgan fingerprint density at radius 3 is 2.73 bits per heavy atom. The van der Waals surface area contributed by atoms with E-state index in [4.69, 9.17) is 16.9 Å². The average molecular weight is 311 g/mol. The third kappa shape index (κ3) is 2.81. The van der Waals surface area contributed by atoms with E-state index in [1.165, 1.54) is 0 Å². The molecule has 0 unspecified atom stereocenters. The van der Waals surface area contributed by atoms with Crippen LogP contribution >= 0.6 is 11.6 Å². The highest BCUT2D eigenvalue weighted by Crippen LogP contribution is 2.20. The maximum Gasteiger partial charge on any atom is 0.160 e. The molecule has 0 saturated heterocycles. The molecule has 0 atom stereocenters. The first-order valence-electron chi connectivity index (χ1n) is 7.21. The van der Waals surface area contributed by atoms with Gasteiger partial charge in [0.25, 0.3) is 0 Å². The van der Waals surface area contributed by atoms with Crippen molar-refractivity contribution in [2.45, 2.75) is 26.3 Å². The molecule has 4 nitrogen and oxygen atoms in total. The molecule has 0 saturated carbocycles. The van der Waals surface area contributed by atoms with Crippen molar-refractivity contribution in [3.63, 3.8) is 0 Å². The van der Waals surface area contributed by atoms with Crippen molar-refractivity contribution in [3.05, 3.63) is 58.5 Å². The molecule has 3 rings (SSSR count). The van der Waals surface area contributed by atoms with Crippen LogP contribution in [-0.2, 0) is 13.0 Å². The van der Waals surface area contributed by atoms with Crippen molar-refractivity contribution in [2.75, 3.05) is 0 Å². The van der Waals surface area contributed by atoms with Crippen LogP contribution in [0, 0.1) is 11.3 Å². The number of imidazole rings is 1. The maximum atomic E-state index is 8.88. The van der Waals surface area contributed by atoms with Crippen LogP contribution in [0.5, 0.6) is 0 Å². The van der Waals surface area contributed by atoms with E-state index in [1.54, 1.807) is 6.20 Å². The Bertz CT molecular complexity index is 843. The van der Waals surface area contributed by atoms with Gasteiger partial charge >= 0.3 is 0 Å². The third-order valence-electron chi connectivity index (χ3n) is 3.53. The van der Waals surface area contributed by atoms with Gasteiger partial charge in [-0.3, -0.25) is 0 Å². The van der Waals surface area contributed by atoms with Gasteiger partial charge in [0.1, 0.15) is 11.3 Å². The molecule has 3 aromatic rings. The zero-order chi connectivity index (χ0) is 15.5. The summed E-state index contributed by atoms with van der Waals surface area (Å²) in [5.74, 6) is 1.01. The summed E-state index contributed by atoms with van der Waals surface area (Å²) < 4.78 is 2.12. The van der Waals surface area contributed by atoms with E-state index in [9.17, 15) is 0 Å². The second-order valence-electron chi connectivity index (χ2n) is 5.17. The second-order valence-corrected chi connectivity index (χ2v) is 5.61. The summed E-state index contributed by atoms with van der Waals surface area (Å²) in [5.41, 5.74) is 3.45. The fraction of sp³-hybridized carbons (Fsp3) is 0.235. The summed E-state index contributed by atoms with van der Waals surface area (Å²) in [6.07, 6.45) is 3.56. The third-order valence-corrected chi connectivity index (χ3v) is 3.73. The molecule has 0 spiro atoms. The highest BCUT2D eigenvalue weighted by atomic mass is 35.5. The van der Waals surface area contributed by atoms with Gasteiger partial charge in [0, 0.05) is 12.6 Å². The quantitative estimate of drug-likeness (QED) is 0.733. The fourth-order valence-corrected chi connectivity index (χ4v) is 2.63. The molecule has 0 bridgehead atoms. The summed E-state index contributed by atoms with van der Waals surface area (Å²) >= 11 is 6.01. The van der Waals surface area contributed by atoms with Crippen molar-refractivity contribution in [3.8, 4) is 6.07 Å². The van der Waals surface area contributed by atoms with Gasteiger partial charge in [-0.15, -0.1) is 0 Å². The second kappa shape index (κ2) is 6.17. The maximum absolute atomic E-state index is 8.88. The van der Waals surface area contributed by atoms with Crippen LogP contribution in [0.1, 0.15) is 30.3 Å². The van der Waals surface area contributed by atoms with Crippen molar-refractivity contribution in [1.29, 1.82) is 5.26 Å². The van der Waals surface area contributed by atoms with Crippen LogP contribution in [-0.4, -0.2) is 14.5 Å². The molecule has 110 valence electrons. The first-order chi connectivity index (χ1) is 10.7. The van der Waals surface area contributed by atoms with Crippen molar-refractivity contribution in [1.82, 2.24) is 14.5 Å². The van der Waals surface area contributed by atoms with E-state index in [1.807, 2.05) is 30.3 Å². The predicted octanol–water partition coefficient (Wildman–Crippen LogP) is 3.96. The number of nitriles is 1. The van der Waals surface area contributed by atoms with E-state index < -0.39 is 0 Å². The van der Waals surface area contributed by atoms with Gasteiger partial charge in [0.15, 0.2) is 5.65 Å². The Kier molecular flexibility index (Phi) is 4.08. The van der Waals surface area contributed by atoms with Gasteiger partial charge < -0.3 is 4.57 Å². The highest BCUT2D eigenvalue weighted by Gasteiger charge is 2.12. The summed E-state index contributed by atoms with van der Waals surface area (Å²) in [4.78, 5) is 9.09. The number of aryl methyl sites for hydroxylation is 1. The Labute approximate surface area is 134 Å². The van der Waals surface area contributed by atoms with E-state index >= 15 is 0 Å². The van der Waals surface area contributed by atoms with Gasteiger partial charge in [0.2, 0.25) is 0 Å². The number of pyridine rings is 1. The average Bonchev–Trinajstić information content (AvgIpc) is 2.85. The molecule has 2 aromatic heterocycles. The lowest BCUT2D eigenvalue weighted by Crippen LogP contribution is -2.06. The van der Waals surface area contributed by atoms with Crippen LogP contribution < -0.4 is 0 Å². The Morgan fingerprint density at radius 2 is 2.05 bits per heavy atom. The predicted molar refractivity (Wildman–Crippen MR) is 86.8 cm³/mol. The minimum absolute atomic E-state index is 0.596. The highest BCUT2D eigenvalue weighted by molar-refractivity contribution is 6.31. The molecular weight excluding hydrogens is 296 g/mol. The van der Waals surface area contributed by atoms with E-state index in [0.29, 0.717) is 17.1 Å². The largest absolute Gasteiger partial charge is 0.308 e. The number of hydrogen-bond donors (Lipinski definition) is 0. The van der Waals surface area contributed by atoms with Gasteiger partial charge in [-0.2, -0.15) is 5.26 Å². The standard InChI is InChI=1S/C17H15ClN4/c1-2-3-16-21-15-8-14(18)10-20-17(15)22(16)11-13-6-4-12(9-19)5-7-13/h4-8,10H,2-3,11H2,1H3. The SMILES string of the molecule is CCCc1nc2cc(Cl)cnc2n1Cc1ccc(C#N)cc1. The van der Waals surface area contributed by atoms with Crippen LogP contribution in [0.15, 0.2) is 36.5 Å². The lowest BCUT2D eigenvalue weighted by Gasteiger charge is -2.08. The number of halogens is 1. The normalized spacial score (nSPS) is 10.8. The molecule has 22 heavy (non-hydrogen) atoms. The smallest absolute Gasteiger partial charge is 0.160 e. The van der Waals surface area contributed by atoms with Crippen LogP contribution in [0.2, 0.25) is 5.02 Å². The first kappa shape index (κ1) is 14.6. The molecule has 5 heteroatoms. The molecule has 0 N–H and O–H groups in total. The lowest BCUT2D eigenvalue weighted by molar-refractivity contribution is 0.716. The summed E-state index contributed by atoms with van der Waals surface area (Å²) in [6.45, 7) is 2.82. The number of benzene rings is 1. The lowest BCUT2D eigenvalue weighted by atomic mass is 10.1. The molecule has 0 aliphatic carbocycles. The van der Waals surface area contributed by atoms with Gasteiger partial charge in [0.05, 0.1) is 23.2 Å². The van der Waals surface area contributed by atoms with Gasteiger partial charge in [-0.1, -0.05) is 30.7 Å². The number of nitrogens with zero attached hydrogens (tertiary/aromatic N) is 4. The molecular formula is C17H15ClN4. The Balaban J connectivity index is 2.03. The van der Waals surface area contributed by atoms with Crippen LogP contribution in [0.25, 0.3) is 11.2 Å². The molecule has 2 heterocycles. The summed E-state index contributed by atoms with van der Waals surface area (Å²) in [5, 5.41) is 9.47. The van der Waals surface area contributed by atoms with Crippen molar-refractivity contribution in [2.24, 2.45) is 0 Å². The van der Waals surface area contributed by atoms with E-state index in [-0.39, 0.29) is 0 Å². The van der Waals surface area contributed by atoms with E-state index in [0.717, 1.165) is 35.4 Å². The summed E-state index contributed by atoms with van der Waals surface area (Å²) in [6, 6.07) is 11.6. The zero-order valence-electron chi connectivity index (χ0n) is 12.3. The van der Waals surface area contributed by atoms with Crippen LogP contribution in [0.3, 0.4) is 0 Å². The van der Waals surface area contributed by atoms with Crippen molar-refractivity contribution >= 4 is 22.8 Å². The number of rotatable bonds is 4. The van der Waals surface area contributed by atoms with Gasteiger partial charge in [-0.05, 0) is 30.2 Å². The molecule has 0 radical (unpaired) electrons. The van der Waals surface area contributed by atoms with E-state index in [2.05, 4.69) is 27.5 Å². The van der Waals surface area contributed by atoms with Crippen molar-refractivity contribution < 1.29 is 0 Å². The number of hydrogen-bond acceptors (Lipinski definition) is 3. The van der Waals surface area contributed by atoms with Crippen LogP contribution in [0.4, 0.5) is 0 Å². The Morgan fingerprint density at radius 1 is 1.27 bits per heavy atom. The molecule has 0 aliphatic rings. The number of aromatic nitrogens is 3. The summed E-state index contributed by atoms with van der Waals surface area (Å²) in [7, 11) is 0. The minimum Gasteiger partial charge on any atom is -0.308 e. The topological polar surface area (TPSA) is 54.5 Å². The molecule has 1 aromatic carbocycles. The molecule has 0 amide bonds. The zero-order valence-corrected chi connectivity index (χ0v) is 13.0. The number of fused-ring (bicyclic) bond motifs is 1.